The Kier molecular flexibility index (Phi) is 4.49. The molecule has 1 aromatic heterocycles. The molecule has 1 aromatic rings. The standard InChI is InChI=1S/C13H22N4O3/c1-8(2)7-17-11(14)10(12(18)16-13(17)19)15-6-9-4-3-5-20-9/h8-9,15H,3-7,14H2,1-2H3,(H,16,18,19). The molecule has 0 aromatic carbocycles. The first-order valence-corrected chi connectivity index (χ1v) is 6.97. The number of hydrogen-bond acceptors (Lipinski definition) is 5. The number of nitrogens with zero attached hydrogens (tertiary/aromatic N) is 1. The Labute approximate surface area is 117 Å². The second-order valence-corrected chi connectivity index (χ2v) is 5.54. The maximum Gasteiger partial charge on any atom is 0.330 e. The summed E-state index contributed by atoms with van der Waals surface area (Å²) in [7, 11) is 0. The number of H-pyrrole nitrogens is 1. The Bertz CT molecular complexity index is 570. The molecule has 0 spiro atoms. The van der Waals surface area contributed by atoms with Crippen molar-refractivity contribution >= 4 is 11.5 Å². The second kappa shape index (κ2) is 6.13. The highest BCUT2D eigenvalue weighted by Gasteiger charge is 2.18. The Morgan fingerprint density at radius 3 is 2.85 bits per heavy atom. The predicted octanol–water partition coefficient (Wildman–Crippen LogP) is 0.366. The van der Waals surface area contributed by atoms with Gasteiger partial charge in [0, 0.05) is 19.7 Å². The van der Waals surface area contributed by atoms with E-state index in [2.05, 4.69) is 10.3 Å². The van der Waals surface area contributed by atoms with Crippen LogP contribution in [0.2, 0.25) is 0 Å². The first-order chi connectivity index (χ1) is 9.49. The van der Waals surface area contributed by atoms with Crippen LogP contribution in [-0.2, 0) is 11.3 Å². The molecule has 7 heteroatoms. The molecule has 4 N–H and O–H groups in total. The summed E-state index contributed by atoms with van der Waals surface area (Å²) < 4.78 is 6.88. The third kappa shape index (κ3) is 3.22. The van der Waals surface area contributed by atoms with Crippen LogP contribution in [0.3, 0.4) is 0 Å². The molecule has 0 radical (unpaired) electrons. The smallest absolute Gasteiger partial charge is 0.330 e. The molecule has 1 atom stereocenters. The molecule has 1 aliphatic rings. The van der Waals surface area contributed by atoms with E-state index < -0.39 is 11.2 Å². The fourth-order valence-corrected chi connectivity index (χ4v) is 2.33. The van der Waals surface area contributed by atoms with Crippen LogP contribution in [0.4, 0.5) is 11.5 Å². The van der Waals surface area contributed by atoms with Gasteiger partial charge in [0.05, 0.1) is 6.10 Å². The zero-order valence-electron chi connectivity index (χ0n) is 11.9. The second-order valence-electron chi connectivity index (χ2n) is 5.54. The van der Waals surface area contributed by atoms with E-state index in [-0.39, 0.29) is 23.5 Å². The molecule has 1 saturated heterocycles. The van der Waals surface area contributed by atoms with Gasteiger partial charge in [0.2, 0.25) is 0 Å². The third-order valence-electron chi connectivity index (χ3n) is 3.32. The van der Waals surface area contributed by atoms with Gasteiger partial charge in [0.15, 0.2) is 0 Å². The van der Waals surface area contributed by atoms with Crippen molar-refractivity contribution in [1.29, 1.82) is 0 Å². The molecule has 0 bridgehead atoms. The van der Waals surface area contributed by atoms with Crippen LogP contribution in [0.15, 0.2) is 9.59 Å². The van der Waals surface area contributed by atoms with Gasteiger partial charge in [-0.2, -0.15) is 0 Å². The molecular formula is C13H22N4O3. The number of ether oxygens (including phenoxy) is 1. The van der Waals surface area contributed by atoms with Crippen molar-refractivity contribution in [2.24, 2.45) is 5.92 Å². The van der Waals surface area contributed by atoms with Crippen molar-refractivity contribution in [2.45, 2.75) is 39.3 Å². The molecule has 112 valence electrons. The number of rotatable bonds is 5. The molecule has 1 unspecified atom stereocenters. The predicted molar refractivity (Wildman–Crippen MR) is 78.0 cm³/mol. The van der Waals surface area contributed by atoms with Gasteiger partial charge in [-0.1, -0.05) is 13.8 Å². The number of hydrogen-bond donors (Lipinski definition) is 3. The molecule has 7 nitrogen and oxygen atoms in total. The average Bonchev–Trinajstić information content (AvgIpc) is 2.87. The topological polar surface area (TPSA) is 102 Å². The number of nitrogens with one attached hydrogen (secondary N) is 2. The van der Waals surface area contributed by atoms with E-state index in [4.69, 9.17) is 10.5 Å². The Hall–Kier alpha value is -1.76. The minimum Gasteiger partial charge on any atom is -0.383 e. The fraction of sp³-hybridized carbons (Fsp3) is 0.692. The van der Waals surface area contributed by atoms with E-state index in [1.807, 2.05) is 13.8 Å². The quantitative estimate of drug-likeness (QED) is 0.724. The van der Waals surface area contributed by atoms with E-state index in [9.17, 15) is 9.59 Å². The van der Waals surface area contributed by atoms with Gasteiger partial charge in [0.1, 0.15) is 11.5 Å². The number of nitrogen functional groups attached to an aromatic ring is 1. The van der Waals surface area contributed by atoms with Crippen LogP contribution in [0, 0.1) is 5.92 Å². The average molecular weight is 282 g/mol. The highest BCUT2D eigenvalue weighted by molar-refractivity contribution is 5.60. The van der Waals surface area contributed by atoms with Crippen molar-refractivity contribution in [1.82, 2.24) is 9.55 Å². The summed E-state index contributed by atoms with van der Waals surface area (Å²) in [6.07, 6.45) is 2.10. The molecule has 20 heavy (non-hydrogen) atoms. The molecule has 0 aliphatic carbocycles. The molecule has 2 heterocycles. The summed E-state index contributed by atoms with van der Waals surface area (Å²) >= 11 is 0. The van der Waals surface area contributed by atoms with Gasteiger partial charge in [-0.05, 0) is 18.8 Å². The van der Waals surface area contributed by atoms with E-state index in [1.54, 1.807) is 0 Å². The number of aromatic nitrogens is 2. The van der Waals surface area contributed by atoms with Crippen LogP contribution in [-0.4, -0.2) is 28.8 Å². The summed E-state index contributed by atoms with van der Waals surface area (Å²) in [5.74, 6) is 0.442. The largest absolute Gasteiger partial charge is 0.383 e. The lowest BCUT2D eigenvalue weighted by Crippen LogP contribution is -2.36. The van der Waals surface area contributed by atoms with Gasteiger partial charge in [-0.15, -0.1) is 0 Å². The monoisotopic (exact) mass is 282 g/mol. The number of aromatic amines is 1. The van der Waals surface area contributed by atoms with Crippen molar-refractivity contribution < 1.29 is 4.74 Å². The van der Waals surface area contributed by atoms with Crippen LogP contribution >= 0.6 is 0 Å². The molecule has 0 amide bonds. The minimum absolute atomic E-state index is 0.0966. The zero-order valence-corrected chi connectivity index (χ0v) is 11.9. The number of anilines is 2. The lowest BCUT2D eigenvalue weighted by atomic mass is 10.2. The SMILES string of the molecule is CC(C)Cn1c(N)c(NCC2CCCO2)c(=O)[nH]c1=O. The van der Waals surface area contributed by atoms with Crippen LogP contribution in [0.1, 0.15) is 26.7 Å². The lowest BCUT2D eigenvalue weighted by molar-refractivity contribution is 0.120. The van der Waals surface area contributed by atoms with Crippen molar-refractivity contribution in [3.63, 3.8) is 0 Å². The van der Waals surface area contributed by atoms with E-state index in [1.165, 1.54) is 4.57 Å². The van der Waals surface area contributed by atoms with Crippen molar-refractivity contribution in [3.8, 4) is 0 Å². The summed E-state index contributed by atoms with van der Waals surface area (Å²) in [4.78, 5) is 25.9. The maximum absolute atomic E-state index is 11.9. The number of nitrogens with two attached hydrogens (primary N) is 1. The molecular weight excluding hydrogens is 260 g/mol. The maximum atomic E-state index is 11.9. The molecule has 1 fully saturated rings. The highest BCUT2D eigenvalue weighted by Crippen LogP contribution is 2.15. The minimum atomic E-state index is -0.481. The lowest BCUT2D eigenvalue weighted by Gasteiger charge is -2.16. The molecule has 2 rings (SSSR count). The van der Waals surface area contributed by atoms with E-state index in [0.717, 1.165) is 19.4 Å². The Morgan fingerprint density at radius 2 is 2.25 bits per heavy atom. The van der Waals surface area contributed by atoms with Gasteiger partial charge >= 0.3 is 5.69 Å². The summed E-state index contributed by atoms with van der Waals surface area (Å²) in [5.41, 5.74) is 5.26. The van der Waals surface area contributed by atoms with Crippen LogP contribution < -0.4 is 22.3 Å². The normalized spacial score (nSPS) is 18.6. The zero-order chi connectivity index (χ0) is 14.7. The summed E-state index contributed by atoms with van der Waals surface area (Å²) in [6, 6.07) is 0. The van der Waals surface area contributed by atoms with Crippen LogP contribution in [0.25, 0.3) is 0 Å². The molecule has 0 saturated carbocycles. The Morgan fingerprint density at radius 1 is 1.50 bits per heavy atom. The van der Waals surface area contributed by atoms with E-state index in [0.29, 0.717) is 13.1 Å². The van der Waals surface area contributed by atoms with Gasteiger partial charge in [-0.25, -0.2) is 4.79 Å². The first-order valence-electron chi connectivity index (χ1n) is 6.97. The fourth-order valence-electron chi connectivity index (χ4n) is 2.33. The van der Waals surface area contributed by atoms with Gasteiger partial charge in [0.25, 0.3) is 5.56 Å². The van der Waals surface area contributed by atoms with Crippen molar-refractivity contribution in [2.75, 3.05) is 24.2 Å². The van der Waals surface area contributed by atoms with E-state index >= 15 is 0 Å². The van der Waals surface area contributed by atoms with Gasteiger partial charge < -0.3 is 15.8 Å². The Balaban J connectivity index is 2.22. The van der Waals surface area contributed by atoms with Gasteiger partial charge in [-0.3, -0.25) is 14.3 Å². The van der Waals surface area contributed by atoms with Crippen molar-refractivity contribution in [3.05, 3.63) is 20.8 Å². The molecule has 1 aliphatic heterocycles. The third-order valence-corrected chi connectivity index (χ3v) is 3.32. The highest BCUT2D eigenvalue weighted by atomic mass is 16.5. The summed E-state index contributed by atoms with van der Waals surface area (Å²) in [5, 5.41) is 3.01. The summed E-state index contributed by atoms with van der Waals surface area (Å²) in [6.45, 7) is 5.71. The van der Waals surface area contributed by atoms with Crippen LogP contribution in [0.5, 0.6) is 0 Å². The first kappa shape index (κ1) is 14.6.